The third-order valence-electron chi connectivity index (χ3n) is 2.82. The molecule has 20 heavy (non-hydrogen) atoms. The zero-order chi connectivity index (χ0) is 15.0. The van der Waals surface area contributed by atoms with E-state index < -0.39 is 27.7 Å². The number of piperazine rings is 1. The number of hydrogen-bond donors (Lipinski definition) is 1. The van der Waals surface area contributed by atoms with Crippen LogP contribution in [-0.2, 0) is 21.0 Å². The van der Waals surface area contributed by atoms with Gasteiger partial charge in [0, 0.05) is 13.1 Å². The van der Waals surface area contributed by atoms with Crippen LogP contribution in [0.3, 0.4) is 0 Å². The molecule has 1 aliphatic heterocycles. The second kappa shape index (κ2) is 5.06. The van der Waals surface area contributed by atoms with E-state index in [0.29, 0.717) is 23.0 Å². The normalized spacial score (nSPS) is 17.4. The SMILES string of the molecule is O=C1CNCCN1S(=O)(=O)c1ccc(C(F)(F)F)cc1. The van der Waals surface area contributed by atoms with Crippen molar-refractivity contribution in [2.75, 3.05) is 19.6 Å². The molecule has 0 aliphatic carbocycles. The fourth-order valence-electron chi connectivity index (χ4n) is 1.79. The number of carbonyl (C=O) groups excluding carboxylic acids is 1. The molecule has 1 aromatic rings. The van der Waals surface area contributed by atoms with Crippen LogP contribution < -0.4 is 5.32 Å². The summed E-state index contributed by atoms with van der Waals surface area (Å²) in [4.78, 5) is 11.2. The zero-order valence-electron chi connectivity index (χ0n) is 10.1. The number of rotatable bonds is 2. The zero-order valence-corrected chi connectivity index (χ0v) is 11.0. The molecule has 0 saturated carbocycles. The van der Waals surface area contributed by atoms with E-state index in [1.54, 1.807) is 0 Å². The predicted octanol–water partition coefficient (Wildman–Crippen LogP) is 0.826. The molecule has 1 heterocycles. The average molecular weight is 308 g/mol. The van der Waals surface area contributed by atoms with Crippen LogP contribution in [0.15, 0.2) is 29.2 Å². The maximum atomic E-state index is 12.4. The summed E-state index contributed by atoms with van der Waals surface area (Å²) < 4.78 is 62.2. The number of amides is 1. The molecule has 1 aliphatic rings. The van der Waals surface area contributed by atoms with Crippen LogP contribution in [0.1, 0.15) is 5.56 Å². The Morgan fingerprint density at radius 3 is 2.25 bits per heavy atom. The van der Waals surface area contributed by atoms with Crippen LogP contribution >= 0.6 is 0 Å². The molecule has 2 rings (SSSR count). The molecular formula is C11H11F3N2O3S. The molecule has 1 saturated heterocycles. The van der Waals surface area contributed by atoms with Gasteiger partial charge in [0.05, 0.1) is 17.0 Å². The summed E-state index contributed by atoms with van der Waals surface area (Å²) >= 11 is 0. The Balaban J connectivity index is 2.32. The Bertz CT molecular complexity index is 611. The molecule has 110 valence electrons. The van der Waals surface area contributed by atoms with Crippen LogP contribution in [0.25, 0.3) is 0 Å². The van der Waals surface area contributed by atoms with Gasteiger partial charge in [0.1, 0.15) is 0 Å². The number of nitrogens with one attached hydrogen (secondary N) is 1. The predicted molar refractivity (Wildman–Crippen MR) is 63.2 cm³/mol. The lowest BCUT2D eigenvalue weighted by atomic mass is 10.2. The fourth-order valence-corrected chi connectivity index (χ4v) is 3.18. The molecule has 1 fully saturated rings. The highest BCUT2D eigenvalue weighted by molar-refractivity contribution is 7.89. The summed E-state index contributed by atoms with van der Waals surface area (Å²) in [5.41, 5.74) is -0.942. The fraction of sp³-hybridized carbons (Fsp3) is 0.364. The van der Waals surface area contributed by atoms with Crippen molar-refractivity contribution in [3.8, 4) is 0 Å². The van der Waals surface area contributed by atoms with Gasteiger partial charge in [-0.25, -0.2) is 12.7 Å². The Hall–Kier alpha value is -1.61. The monoisotopic (exact) mass is 308 g/mol. The second-order valence-electron chi connectivity index (χ2n) is 4.17. The summed E-state index contributed by atoms with van der Waals surface area (Å²) in [7, 11) is -4.10. The molecule has 0 aromatic heterocycles. The van der Waals surface area contributed by atoms with E-state index in [0.717, 1.165) is 12.1 Å². The second-order valence-corrected chi connectivity index (χ2v) is 6.03. The Morgan fingerprint density at radius 1 is 1.15 bits per heavy atom. The number of carbonyl (C=O) groups is 1. The molecule has 9 heteroatoms. The number of nitrogens with zero attached hydrogens (tertiary/aromatic N) is 1. The van der Waals surface area contributed by atoms with Crippen molar-refractivity contribution in [2.24, 2.45) is 0 Å². The minimum Gasteiger partial charge on any atom is -0.307 e. The number of halogens is 3. The topological polar surface area (TPSA) is 66.5 Å². The van der Waals surface area contributed by atoms with Gasteiger partial charge in [-0.1, -0.05) is 0 Å². The maximum Gasteiger partial charge on any atom is 0.416 e. The van der Waals surface area contributed by atoms with Crippen LogP contribution in [0.4, 0.5) is 13.2 Å². The smallest absolute Gasteiger partial charge is 0.307 e. The maximum absolute atomic E-state index is 12.4. The minimum atomic E-state index is -4.53. The molecule has 0 unspecified atom stereocenters. The summed E-state index contributed by atoms with van der Waals surface area (Å²) in [5.74, 6) is -0.629. The number of hydrogen-bond acceptors (Lipinski definition) is 4. The van der Waals surface area contributed by atoms with Crippen molar-refractivity contribution in [2.45, 2.75) is 11.1 Å². The summed E-state index contributed by atoms with van der Waals surface area (Å²) in [5, 5.41) is 2.71. The van der Waals surface area contributed by atoms with E-state index >= 15 is 0 Å². The molecular weight excluding hydrogens is 297 g/mol. The van der Waals surface area contributed by atoms with Gasteiger partial charge >= 0.3 is 6.18 Å². The van der Waals surface area contributed by atoms with Crippen molar-refractivity contribution in [3.63, 3.8) is 0 Å². The standard InChI is InChI=1S/C11H11F3N2O3S/c12-11(13,14)8-1-3-9(4-2-8)20(18,19)16-6-5-15-7-10(16)17/h1-4,15H,5-7H2. The first-order valence-corrected chi connectivity index (χ1v) is 7.10. The van der Waals surface area contributed by atoms with Gasteiger partial charge in [0.2, 0.25) is 5.91 Å². The Morgan fingerprint density at radius 2 is 1.75 bits per heavy atom. The van der Waals surface area contributed by atoms with Gasteiger partial charge in [-0.15, -0.1) is 0 Å². The van der Waals surface area contributed by atoms with Gasteiger partial charge in [0.15, 0.2) is 0 Å². The van der Waals surface area contributed by atoms with E-state index in [4.69, 9.17) is 0 Å². The average Bonchev–Trinajstić information content (AvgIpc) is 2.38. The Kier molecular flexibility index (Phi) is 3.74. The summed E-state index contributed by atoms with van der Waals surface area (Å²) in [6.07, 6.45) is -4.53. The van der Waals surface area contributed by atoms with E-state index in [1.807, 2.05) is 0 Å². The van der Waals surface area contributed by atoms with Gasteiger partial charge < -0.3 is 5.32 Å². The van der Waals surface area contributed by atoms with Crippen molar-refractivity contribution < 1.29 is 26.4 Å². The van der Waals surface area contributed by atoms with Gasteiger partial charge in [-0.2, -0.15) is 13.2 Å². The van der Waals surface area contributed by atoms with Crippen LogP contribution in [0.5, 0.6) is 0 Å². The lowest BCUT2D eigenvalue weighted by Crippen LogP contribution is -2.50. The first-order chi connectivity index (χ1) is 9.23. The molecule has 0 radical (unpaired) electrons. The highest BCUT2D eigenvalue weighted by Crippen LogP contribution is 2.30. The summed E-state index contributed by atoms with van der Waals surface area (Å²) in [6.45, 7) is 0.160. The van der Waals surface area contributed by atoms with E-state index in [2.05, 4.69) is 5.32 Å². The largest absolute Gasteiger partial charge is 0.416 e. The first-order valence-electron chi connectivity index (χ1n) is 5.66. The van der Waals surface area contributed by atoms with E-state index in [9.17, 15) is 26.4 Å². The van der Waals surface area contributed by atoms with Crippen LogP contribution in [-0.4, -0.2) is 38.3 Å². The van der Waals surface area contributed by atoms with Crippen molar-refractivity contribution in [3.05, 3.63) is 29.8 Å². The van der Waals surface area contributed by atoms with E-state index in [-0.39, 0.29) is 18.0 Å². The lowest BCUT2D eigenvalue weighted by Gasteiger charge is -2.26. The third kappa shape index (κ3) is 2.78. The van der Waals surface area contributed by atoms with Crippen LogP contribution in [0.2, 0.25) is 0 Å². The highest BCUT2D eigenvalue weighted by atomic mass is 32.2. The van der Waals surface area contributed by atoms with E-state index in [1.165, 1.54) is 0 Å². The van der Waals surface area contributed by atoms with Gasteiger partial charge in [-0.3, -0.25) is 4.79 Å². The molecule has 1 amide bonds. The molecule has 0 bridgehead atoms. The lowest BCUT2D eigenvalue weighted by molar-refractivity contribution is -0.137. The molecule has 5 nitrogen and oxygen atoms in total. The van der Waals surface area contributed by atoms with Gasteiger partial charge in [-0.05, 0) is 24.3 Å². The Labute approximate surface area is 113 Å². The van der Waals surface area contributed by atoms with Gasteiger partial charge in [0.25, 0.3) is 10.0 Å². The number of sulfonamides is 1. The summed E-state index contributed by atoms with van der Waals surface area (Å²) in [6, 6.07) is 3.07. The quantitative estimate of drug-likeness (QED) is 0.879. The third-order valence-corrected chi connectivity index (χ3v) is 4.65. The number of alkyl halides is 3. The molecule has 0 spiro atoms. The first kappa shape index (κ1) is 14.8. The van der Waals surface area contributed by atoms with Crippen molar-refractivity contribution in [1.82, 2.24) is 9.62 Å². The molecule has 1 aromatic carbocycles. The van der Waals surface area contributed by atoms with Crippen molar-refractivity contribution >= 4 is 15.9 Å². The highest BCUT2D eigenvalue weighted by Gasteiger charge is 2.33. The van der Waals surface area contributed by atoms with Crippen molar-refractivity contribution in [1.29, 1.82) is 0 Å². The van der Waals surface area contributed by atoms with Crippen LogP contribution in [0, 0.1) is 0 Å². The molecule has 0 atom stereocenters. The number of benzene rings is 1. The minimum absolute atomic E-state index is 0.0395. The molecule has 1 N–H and O–H groups in total.